The average Bonchev–Trinajstić information content (AvgIpc) is 0.805. The molecular formula is C75H94F3N3O12S. The van der Waals surface area contributed by atoms with Gasteiger partial charge in [-0.25, -0.2) is 9.59 Å². The summed E-state index contributed by atoms with van der Waals surface area (Å²) in [7, 11) is -1.16. The normalized spacial score (nSPS) is 15.1. The summed E-state index contributed by atoms with van der Waals surface area (Å²) >= 11 is 0. The van der Waals surface area contributed by atoms with Crippen LogP contribution in [0.4, 0.5) is 13.2 Å². The van der Waals surface area contributed by atoms with Crippen LogP contribution in [0, 0.1) is 62.3 Å². The quantitative estimate of drug-likeness (QED) is 0.0226. The fourth-order valence-electron chi connectivity index (χ4n) is 13.1. The van der Waals surface area contributed by atoms with Crippen molar-refractivity contribution in [3.05, 3.63) is 179 Å². The van der Waals surface area contributed by atoms with Crippen molar-refractivity contribution in [1.82, 2.24) is 15.0 Å². The first kappa shape index (κ1) is 73.8. The van der Waals surface area contributed by atoms with Crippen LogP contribution in [-0.4, -0.2) is 85.9 Å². The van der Waals surface area contributed by atoms with E-state index in [2.05, 4.69) is 57.0 Å². The molecule has 9 rings (SSSR count). The van der Waals surface area contributed by atoms with Crippen LogP contribution in [0.15, 0.2) is 66.7 Å². The van der Waals surface area contributed by atoms with E-state index >= 15 is 0 Å². The van der Waals surface area contributed by atoms with Crippen molar-refractivity contribution in [1.29, 1.82) is 0 Å². The van der Waals surface area contributed by atoms with Gasteiger partial charge in [-0.1, -0.05) is 69.9 Å². The summed E-state index contributed by atoms with van der Waals surface area (Å²) in [6.45, 7) is 17.9. The number of carboxylic acids is 1. The van der Waals surface area contributed by atoms with E-state index in [0.29, 0.717) is 58.8 Å². The van der Waals surface area contributed by atoms with Crippen molar-refractivity contribution in [2.45, 2.75) is 201 Å². The highest BCUT2D eigenvalue weighted by Crippen LogP contribution is 2.41. The number of rotatable bonds is 21. The zero-order valence-electron chi connectivity index (χ0n) is 56.7. The van der Waals surface area contributed by atoms with Crippen LogP contribution in [0.25, 0.3) is 12.2 Å². The molecule has 19 heteroatoms. The van der Waals surface area contributed by atoms with Crippen LogP contribution in [-0.2, 0) is 53.2 Å². The van der Waals surface area contributed by atoms with Gasteiger partial charge in [0, 0.05) is 80.5 Å². The van der Waals surface area contributed by atoms with Gasteiger partial charge in [-0.15, -0.1) is 0 Å². The third kappa shape index (κ3) is 19.5. The van der Waals surface area contributed by atoms with Crippen molar-refractivity contribution >= 4 is 34.2 Å². The number of aliphatic carboxylic acids is 1. The Kier molecular flexibility index (Phi) is 26.8. The number of esters is 1. The van der Waals surface area contributed by atoms with Crippen LogP contribution < -0.4 is 13.7 Å². The molecule has 6 aromatic rings. The predicted octanol–water partition coefficient (Wildman–Crippen LogP) is 17.1. The predicted molar refractivity (Wildman–Crippen MR) is 361 cm³/mol. The summed E-state index contributed by atoms with van der Waals surface area (Å²) in [5.41, 5.74) is 14.1. The minimum atomic E-state index is -5.75. The van der Waals surface area contributed by atoms with Gasteiger partial charge in [-0.05, 0) is 233 Å². The third-order valence-electron chi connectivity index (χ3n) is 18.9. The zero-order chi connectivity index (χ0) is 68.4. The smallest absolute Gasteiger partial charge is 0.506 e. The van der Waals surface area contributed by atoms with Gasteiger partial charge >= 0.3 is 27.6 Å². The second kappa shape index (κ2) is 34.2. The molecule has 94 heavy (non-hydrogen) atoms. The van der Waals surface area contributed by atoms with E-state index in [1.807, 2.05) is 37.3 Å². The molecule has 15 nitrogen and oxygen atoms in total. The Balaban J connectivity index is 0.000000200. The first-order chi connectivity index (χ1) is 44.7. The number of carboxylic acid groups (broad SMARTS) is 1. The van der Waals surface area contributed by atoms with E-state index in [0.717, 1.165) is 126 Å². The minimum Gasteiger partial charge on any atom is -0.506 e. The number of alkyl halides is 3. The number of carbonyl (C=O) groups is 2. The lowest BCUT2D eigenvalue weighted by Crippen LogP contribution is -2.28. The number of aryl methyl sites for hydroxylation is 3. The summed E-state index contributed by atoms with van der Waals surface area (Å²) in [6, 6.07) is 17.1. The summed E-state index contributed by atoms with van der Waals surface area (Å²) < 4.78 is 92.2. The van der Waals surface area contributed by atoms with Gasteiger partial charge in [-0.2, -0.15) is 21.6 Å². The van der Waals surface area contributed by atoms with Gasteiger partial charge in [0.05, 0.1) is 24.2 Å². The Bertz CT molecular complexity index is 3790. The maximum atomic E-state index is 12.8. The number of carbonyl (C=O) groups excluding carboxylic acids is 1. The SMILES string of the molecule is COCOc1ccc(Cc2c(C)cc(/C=C/C(=O)OC)c(C)c2C)nc1C1CCCCC1.COCOc1ccc(Cc2c(C)cc(OS(=O)(=O)C(F)(F)F)c(C)c2C)nc1C1CCCCC1.Cc1cc(/C=C/C(=O)O)c(C)c(C)c1Cc1ccc(O)c(C2CCCCC2)n1. The molecule has 0 radical (unpaired) electrons. The summed E-state index contributed by atoms with van der Waals surface area (Å²) in [5.74, 6) is 1.35. The molecule has 3 aliphatic rings. The van der Waals surface area contributed by atoms with E-state index in [1.54, 1.807) is 47.1 Å². The van der Waals surface area contributed by atoms with Crippen LogP contribution in [0.5, 0.6) is 23.0 Å². The molecule has 3 heterocycles. The first-order valence-electron chi connectivity index (χ1n) is 32.6. The largest absolute Gasteiger partial charge is 0.534 e. The fraction of sp³-hybridized carbons (Fsp3) is 0.480. The van der Waals surface area contributed by atoms with Gasteiger partial charge in [0.2, 0.25) is 0 Å². The van der Waals surface area contributed by atoms with Crippen LogP contribution >= 0.6 is 0 Å². The highest BCUT2D eigenvalue weighted by atomic mass is 32.2. The molecule has 3 fully saturated rings. The molecule has 3 aromatic carbocycles. The Labute approximate surface area is 553 Å². The van der Waals surface area contributed by atoms with Crippen molar-refractivity contribution in [2.75, 3.05) is 34.9 Å². The molecular weight excluding hydrogens is 1220 g/mol. The Morgan fingerprint density at radius 3 is 1.28 bits per heavy atom. The van der Waals surface area contributed by atoms with Crippen molar-refractivity contribution < 1.29 is 69.3 Å². The number of aromatic nitrogens is 3. The molecule has 0 bridgehead atoms. The number of pyridine rings is 3. The second-order valence-corrected chi connectivity index (χ2v) is 26.7. The average molecular weight is 1320 g/mol. The van der Waals surface area contributed by atoms with Crippen molar-refractivity contribution in [2.24, 2.45) is 0 Å². The number of aromatic hydroxyl groups is 1. The molecule has 3 saturated carbocycles. The summed E-state index contributed by atoms with van der Waals surface area (Å²) in [4.78, 5) is 37.2. The molecule has 0 amide bonds. The number of hydrogen-bond acceptors (Lipinski definition) is 14. The minimum absolute atomic E-state index is 0.125. The lowest BCUT2D eigenvalue weighted by Gasteiger charge is -2.24. The van der Waals surface area contributed by atoms with Crippen LogP contribution in [0.1, 0.15) is 226 Å². The third-order valence-corrected chi connectivity index (χ3v) is 19.8. The molecule has 3 aromatic heterocycles. The Morgan fingerprint density at radius 2 is 0.883 bits per heavy atom. The maximum Gasteiger partial charge on any atom is 0.534 e. The summed E-state index contributed by atoms with van der Waals surface area (Å²) in [5, 5.41) is 19.2. The monoisotopic (exact) mass is 1320 g/mol. The molecule has 3 aliphatic carbocycles. The number of benzene rings is 3. The number of nitrogens with zero attached hydrogens (tertiary/aromatic N) is 3. The van der Waals surface area contributed by atoms with E-state index in [4.69, 9.17) is 43.7 Å². The molecule has 0 unspecified atom stereocenters. The molecule has 0 spiro atoms. The standard InChI is InChI=1S/C27H35NO4.C24H30F3NO5S.C24H29NO3/c1-18-15-22(11-14-26(29)31-5)19(2)20(3)24(18)16-23-12-13-25(32-17-30-4)27(28-23)21-9-7-6-8-10-21;1-15-12-22(33-34(29,30)24(25,26)27)17(3)16(2)20(15)13-19-10-11-21(32-14-31-4)23(28-19)18-8-6-5-7-9-18;1-15-13-19(9-12-23(27)28)16(2)17(3)21(15)14-20-10-11-22(26)24(25-20)18-7-5-4-6-8-18/h11-15,21H,6-10,16-17H2,1-5H3;10-12,18H,5-9,13-14H2,1-4H3;9-13,18,26H,4-8,14H2,1-3H3,(H,27,28)/b14-11+;;12-9+. The van der Waals surface area contributed by atoms with Gasteiger partial charge in [0.1, 0.15) is 23.0 Å². The number of ether oxygens (including phenoxy) is 5. The molecule has 0 aliphatic heterocycles. The van der Waals surface area contributed by atoms with E-state index in [-0.39, 0.29) is 25.3 Å². The lowest BCUT2D eigenvalue weighted by molar-refractivity contribution is -0.135. The maximum absolute atomic E-state index is 12.8. The number of methoxy groups -OCH3 is 3. The van der Waals surface area contributed by atoms with Crippen LogP contribution in [0.3, 0.4) is 0 Å². The van der Waals surface area contributed by atoms with Gasteiger partial charge in [0.25, 0.3) is 0 Å². The van der Waals surface area contributed by atoms with Gasteiger partial charge in [0.15, 0.2) is 13.6 Å². The second-order valence-electron chi connectivity index (χ2n) is 25.2. The first-order valence-corrected chi connectivity index (χ1v) is 34.0. The topological polar surface area (TPSA) is 203 Å². The highest BCUT2D eigenvalue weighted by molar-refractivity contribution is 7.88. The van der Waals surface area contributed by atoms with E-state index < -0.39 is 21.6 Å². The number of halogens is 3. The molecule has 0 saturated heterocycles. The number of hydrogen-bond donors (Lipinski definition) is 2. The van der Waals surface area contributed by atoms with Gasteiger partial charge < -0.3 is 38.1 Å². The highest BCUT2D eigenvalue weighted by Gasteiger charge is 2.49. The van der Waals surface area contributed by atoms with E-state index in [1.165, 1.54) is 104 Å². The van der Waals surface area contributed by atoms with Crippen molar-refractivity contribution in [3.8, 4) is 23.0 Å². The lowest BCUT2D eigenvalue weighted by atomic mass is 9.86. The zero-order valence-corrected chi connectivity index (χ0v) is 57.6. The molecule has 2 N–H and O–H groups in total. The van der Waals surface area contributed by atoms with Crippen molar-refractivity contribution in [3.63, 3.8) is 0 Å². The van der Waals surface area contributed by atoms with E-state index in [9.17, 15) is 36.3 Å². The van der Waals surface area contributed by atoms with Gasteiger partial charge in [-0.3, -0.25) is 15.0 Å². The molecule has 0 atom stereocenters. The fourth-order valence-corrected chi connectivity index (χ4v) is 13.6. The Hall–Kier alpha value is -7.61. The summed E-state index contributed by atoms with van der Waals surface area (Å²) in [6.07, 6.45) is 25.6. The van der Waals surface area contributed by atoms with Crippen LogP contribution in [0.2, 0.25) is 0 Å². The molecule has 508 valence electrons. The Morgan fingerprint density at radius 1 is 0.511 bits per heavy atom.